The standard InChI is InChI=1S/C18H30N4/c1-15(2)10-11-20-18(19)21-13-17-9-6-12-22(17)14-16-7-4-3-5-8-16/h3-5,7-8,15,17H,6,9-14H2,1-2H3,(H3,19,20,21). The molecule has 0 radical (unpaired) electrons. The predicted octanol–water partition coefficient (Wildman–Crippen LogP) is 2.60. The topological polar surface area (TPSA) is 53.6 Å². The number of hydrogen-bond acceptors (Lipinski definition) is 2. The van der Waals surface area contributed by atoms with Crippen LogP contribution in [0.3, 0.4) is 0 Å². The summed E-state index contributed by atoms with van der Waals surface area (Å²) >= 11 is 0. The Morgan fingerprint density at radius 3 is 2.86 bits per heavy atom. The van der Waals surface area contributed by atoms with E-state index in [4.69, 9.17) is 5.73 Å². The first-order chi connectivity index (χ1) is 10.6. The fourth-order valence-electron chi connectivity index (χ4n) is 2.88. The average Bonchev–Trinajstić information content (AvgIpc) is 2.93. The van der Waals surface area contributed by atoms with Gasteiger partial charge in [0.25, 0.3) is 0 Å². The summed E-state index contributed by atoms with van der Waals surface area (Å²) in [6.07, 6.45) is 3.60. The number of hydrogen-bond donors (Lipinski definition) is 2. The molecule has 1 unspecified atom stereocenters. The van der Waals surface area contributed by atoms with Gasteiger partial charge in [0.05, 0.1) is 6.54 Å². The van der Waals surface area contributed by atoms with Gasteiger partial charge in [-0.15, -0.1) is 0 Å². The molecular formula is C18H30N4. The summed E-state index contributed by atoms with van der Waals surface area (Å²) in [5, 5.41) is 3.21. The van der Waals surface area contributed by atoms with Crippen molar-refractivity contribution in [3.63, 3.8) is 0 Å². The van der Waals surface area contributed by atoms with E-state index in [-0.39, 0.29) is 0 Å². The molecule has 3 N–H and O–H groups in total. The maximum atomic E-state index is 5.96. The van der Waals surface area contributed by atoms with Crippen LogP contribution in [0.15, 0.2) is 35.3 Å². The third-order valence-electron chi connectivity index (χ3n) is 4.23. The van der Waals surface area contributed by atoms with Crippen molar-refractivity contribution in [2.45, 2.75) is 45.7 Å². The van der Waals surface area contributed by atoms with E-state index in [0.29, 0.717) is 17.9 Å². The quantitative estimate of drug-likeness (QED) is 0.601. The van der Waals surface area contributed by atoms with Crippen molar-refractivity contribution in [2.24, 2.45) is 16.6 Å². The number of rotatable bonds is 7. The van der Waals surface area contributed by atoms with Crippen LogP contribution in [0.4, 0.5) is 0 Å². The molecule has 1 saturated heterocycles. The van der Waals surface area contributed by atoms with E-state index in [9.17, 15) is 0 Å². The van der Waals surface area contributed by atoms with Gasteiger partial charge < -0.3 is 11.1 Å². The van der Waals surface area contributed by atoms with Crippen LogP contribution in [0.2, 0.25) is 0 Å². The smallest absolute Gasteiger partial charge is 0.188 e. The molecule has 0 amide bonds. The molecule has 1 aromatic rings. The third kappa shape index (κ3) is 5.68. The van der Waals surface area contributed by atoms with Gasteiger partial charge in [0.15, 0.2) is 5.96 Å². The van der Waals surface area contributed by atoms with Gasteiger partial charge in [0.2, 0.25) is 0 Å². The van der Waals surface area contributed by atoms with E-state index in [1.54, 1.807) is 0 Å². The maximum Gasteiger partial charge on any atom is 0.188 e. The van der Waals surface area contributed by atoms with Crippen molar-refractivity contribution in [2.75, 3.05) is 19.6 Å². The normalized spacial score (nSPS) is 19.8. The third-order valence-corrected chi connectivity index (χ3v) is 4.23. The van der Waals surface area contributed by atoms with Gasteiger partial charge in [-0.05, 0) is 37.3 Å². The minimum atomic E-state index is 0.519. The Morgan fingerprint density at radius 2 is 2.14 bits per heavy atom. The van der Waals surface area contributed by atoms with Crippen LogP contribution in [0.25, 0.3) is 0 Å². The summed E-state index contributed by atoms with van der Waals surface area (Å²) in [6.45, 7) is 8.32. The van der Waals surface area contributed by atoms with Crippen LogP contribution < -0.4 is 11.1 Å². The second-order valence-corrected chi connectivity index (χ2v) is 6.59. The Hall–Kier alpha value is -1.55. The Balaban J connectivity index is 1.78. The van der Waals surface area contributed by atoms with E-state index in [1.807, 2.05) is 0 Å². The Morgan fingerprint density at radius 1 is 1.36 bits per heavy atom. The molecule has 1 fully saturated rings. The molecule has 4 heteroatoms. The van der Waals surface area contributed by atoms with Crippen molar-refractivity contribution < 1.29 is 0 Å². The lowest BCUT2D eigenvalue weighted by Gasteiger charge is -2.23. The molecule has 122 valence electrons. The monoisotopic (exact) mass is 302 g/mol. The maximum absolute atomic E-state index is 5.96. The van der Waals surface area contributed by atoms with E-state index in [0.717, 1.165) is 32.6 Å². The molecule has 0 saturated carbocycles. The van der Waals surface area contributed by atoms with Gasteiger partial charge in [-0.3, -0.25) is 9.89 Å². The number of guanidine groups is 1. The first kappa shape index (κ1) is 16.8. The van der Waals surface area contributed by atoms with Crippen molar-refractivity contribution in [1.82, 2.24) is 10.2 Å². The van der Waals surface area contributed by atoms with Crippen LogP contribution >= 0.6 is 0 Å². The van der Waals surface area contributed by atoms with E-state index < -0.39 is 0 Å². The minimum Gasteiger partial charge on any atom is -0.370 e. The molecule has 22 heavy (non-hydrogen) atoms. The summed E-state index contributed by atoms with van der Waals surface area (Å²) < 4.78 is 0. The zero-order chi connectivity index (χ0) is 15.8. The van der Waals surface area contributed by atoms with Crippen LogP contribution in [0.5, 0.6) is 0 Å². The zero-order valence-corrected chi connectivity index (χ0v) is 14.0. The lowest BCUT2D eigenvalue weighted by Crippen LogP contribution is -2.36. The van der Waals surface area contributed by atoms with E-state index >= 15 is 0 Å². The van der Waals surface area contributed by atoms with Crippen LogP contribution in [0.1, 0.15) is 38.7 Å². The molecule has 1 atom stereocenters. The van der Waals surface area contributed by atoms with Gasteiger partial charge in [-0.2, -0.15) is 0 Å². The Kier molecular flexibility index (Phi) is 6.72. The summed E-state index contributed by atoms with van der Waals surface area (Å²) in [4.78, 5) is 7.06. The molecule has 0 bridgehead atoms. The number of benzene rings is 1. The fourth-order valence-corrected chi connectivity index (χ4v) is 2.88. The highest BCUT2D eigenvalue weighted by Crippen LogP contribution is 2.20. The highest BCUT2D eigenvalue weighted by molar-refractivity contribution is 5.77. The average molecular weight is 302 g/mol. The number of nitrogens with zero attached hydrogens (tertiary/aromatic N) is 2. The van der Waals surface area contributed by atoms with Gasteiger partial charge in [-0.25, -0.2) is 0 Å². The number of nitrogens with one attached hydrogen (secondary N) is 1. The van der Waals surface area contributed by atoms with Crippen molar-refractivity contribution in [3.8, 4) is 0 Å². The number of likely N-dealkylation sites (tertiary alicyclic amines) is 1. The SMILES string of the molecule is CC(C)CCNC(N)=NCC1CCCN1Cc1ccccc1. The molecule has 1 aliphatic rings. The Labute approximate surface area is 134 Å². The first-order valence-electron chi connectivity index (χ1n) is 8.47. The van der Waals surface area contributed by atoms with Crippen LogP contribution in [-0.4, -0.2) is 36.5 Å². The van der Waals surface area contributed by atoms with Crippen LogP contribution in [0, 0.1) is 5.92 Å². The summed E-state index contributed by atoms with van der Waals surface area (Å²) in [6, 6.07) is 11.2. The highest BCUT2D eigenvalue weighted by Gasteiger charge is 2.24. The highest BCUT2D eigenvalue weighted by atomic mass is 15.2. The summed E-state index contributed by atoms with van der Waals surface area (Å²) in [5.41, 5.74) is 7.33. The van der Waals surface area contributed by atoms with E-state index in [2.05, 4.69) is 59.4 Å². The molecule has 2 rings (SSSR count). The molecular weight excluding hydrogens is 272 g/mol. The van der Waals surface area contributed by atoms with Crippen molar-refractivity contribution in [1.29, 1.82) is 0 Å². The molecule has 1 aliphatic heterocycles. The first-order valence-corrected chi connectivity index (χ1v) is 8.47. The lowest BCUT2D eigenvalue weighted by atomic mass is 10.1. The van der Waals surface area contributed by atoms with Gasteiger partial charge in [0, 0.05) is 19.1 Å². The van der Waals surface area contributed by atoms with E-state index in [1.165, 1.54) is 18.4 Å². The Bertz CT molecular complexity index is 455. The molecule has 0 aromatic heterocycles. The molecule has 1 aromatic carbocycles. The molecule has 0 aliphatic carbocycles. The minimum absolute atomic E-state index is 0.519. The molecule has 0 spiro atoms. The number of nitrogens with two attached hydrogens (primary N) is 1. The molecule has 4 nitrogen and oxygen atoms in total. The van der Waals surface area contributed by atoms with Gasteiger partial charge in [0.1, 0.15) is 0 Å². The number of aliphatic imine (C=N–C) groups is 1. The lowest BCUT2D eigenvalue weighted by molar-refractivity contribution is 0.250. The summed E-state index contributed by atoms with van der Waals surface area (Å²) in [7, 11) is 0. The summed E-state index contributed by atoms with van der Waals surface area (Å²) in [5.74, 6) is 1.28. The van der Waals surface area contributed by atoms with Crippen molar-refractivity contribution in [3.05, 3.63) is 35.9 Å². The largest absolute Gasteiger partial charge is 0.370 e. The second-order valence-electron chi connectivity index (χ2n) is 6.59. The van der Waals surface area contributed by atoms with Crippen LogP contribution in [-0.2, 0) is 6.54 Å². The van der Waals surface area contributed by atoms with Gasteiger partial charge in [-0.1, -0.05) is 44.2 Å². The zero-order valence-electron chi connectivity index (χ0n) is 14.0. The molecule has 1 heterocycles. The van der Waals surface area contributed by atoms with Crippen molar-refractivity contribution >= 4 is 5.96 Å². The fraction of sp³-hybridized carbons (Fsp3) is 0.611. The van der Waals surface area contributed by atoms with Gasteiger partial charge >= 0.3 is 0 Å². The second kappa shape index (κ2) is 8.79. The predicted molar refractivity (Wildman–Crippen MR) is 93.8 cm³/mol.